The van der Waals surface area contributed by atoms with Gasteiger partial charge in [0.1, 0.15) is 5.69 Å². The molecular formula is C20H19ClFN3O2S. The third kappa shape index (κ3) is 3.97. The number of aromatic nitrogens is 2. The number of ether oxygens (including phenoxy) is 1. The molecule has 0 radical (unpaired) electrons. The molecule has 0 amide bonds. The Hall–Kier alpha value is -2.22. The van der Waals surface area contributed by atoms with Gasteiger partial charge >= 0.3 is 0 Å². The first-order valence-electron chi connectivity index (χ1n) is 9.07. The standard InChI is InChI=1S/C20H19ClFN3O2S/c21-16-7-6-15(28-16)12-23-19-17(22)18(13-8-10-27-11-9-13)24-25(19)20(26)14-4-2-1-3-5-14/h1-7,13,23H,8-12H2. The Bertz CT molecular complexity index is 967. The maximum Gasteiger partial charge on any atom is 0.280 e. The molecule has 28 heavy (non-hydrogen) atoms. The monoisotopic (exact) mass is 419 g/mol. The van der Waals surface area contributed by atoms with Crippen LogP contribution in [0.5, 0.6) is 0 Å². The Morgan fingerprint density at radius 3 is 2.68 bits per heavy atom. The highest BCUT2D eigenvalue weighted by Gasteiger charge is 2.29. The zero-order valence-electron chi connectivity index (χ0n) is 15.0. The predicted molar refractivity (Wildman–Crippen MR) is 108 cm³/mol. The highest BCUT2D eigenvalue weighted by molar-refractivity contribution is 7.16. The molecule has 4 rings (SSSR count). The molecule has 0 unspecified atom stereocenters. The summed E-state index contributed by atoms with van der Waals surface area (Å²) in [6, 6.07) is 12.4. The molecule has 2 aromatic heterocycles. The SMILES string of the molecule is O=C(c1ccccc1)n1nc(C2CCOCC2)c(F)c1NCc1ccc(Cl)s1. The number of nitrogens with zero attached hydrogens (tertiary/aromatic N) is 2. The molecule has 1 aromatic carbocycles. The van der Waals surface area contributed by atoms with Gasteiger partial charge in [-0.15, -0.1) is 11.3 Å². The second kappa shape index (κ2) is 8.43. The number of anilines is 1. The lowest BCUT2D eigenvalue weighted by molar-refractivity contribution is 0.0834. The minimum atomic E-state index is -0.473. The quantitative estimate of drug-likeness (QED) is 0.637. The maximum atomic E-state index is 15.3. The summed E-state index contributed by atoms with van der Waals surface area (Å²) in [4.78, 5) is 13.9. The van der Waals surface area contributed by atoms with Crippen molar-refractivity contribution in [2.24, 2.45) is 0 Å². The van der Waals surface area contributed by atoms with Crippen LogP contribution in [0.1, 0.15) is 39.7 Å². The molecule has 0 spiro atoms. The van der Waals surface area contributed by atoms with E-state index in [0.29, 0.717) is 48.2 Å². The van der Waals surface area contributed by atoms with Gasteiger partial charge in [0.05, 0.1) is 10.9 Å². The highest BCUT2D eigenvalue weighted by Crippen LogP contribution is 2.32. The van der Waals surface area contributed by atoms with Crippen molar-refractivity contribution in [2.75, 3.05) is 18.5 Å². The van der Waals surface area contributed by atoms with Crippen LogP contribution in [0, 0.1) is 5.82 Å². The first kappa shape index (κ1) is 19.1. The van der Waals surface area contributed by atoms with Crippen LogP contribution in [0.15, 0.2) is 42.5 Å². The molecule has 0 bridgehead atoms. The van der Waals surface area contributed by atoms with Crippen molar-refractivity contribution >= 4 is 34.7 Å². The summed E-state index contributed by atoms with van der Waals surface area (Å²) >= 11 is 7.38. The van der Waals surface area contributed by atoms with Crippen LogP contribution in [-0.2, 0) is 11.3 Å². The molecule has 0 saturated carbocycles. The lowest BCUT2D eigenvalue weighted by Gasteiger charge is -2.20. The Morgan fingerprint density at radius 2 is 2.00 bits per heavy atom. The fourth-order valence-electron chi connectivity index (χ4n) is 3.27. The van der Waals surface area contributed by atoms with Crippen LogP contribution in [0.2, 0.25) is 4.34 Å². The van der Waals surface area contributed by atoms with Crippen LogP contribution < -0.4 is 5.32 Å². The van der Waals surface area contributed by atoms with Gasteiger partial charge in [-0.1, -0.05) is 29.8 Å². The van der Waals surface area contributed by atoms with Crippen molar-refractivity contribution in [3.63, 3.8) is 0 Å². The summed E-state index contributed by atoms with van der Waals surface area (Å²) < 4.78 is 22.5. The van der Waals surface area contributed by atoms with Crippen LogP contribution in [0.4, 0.5) is 10.2 Å². The summed E-state index contributed by atoms with van der Waals surface area (Å²) in [6.45, 7) is 1.50. The van der Waals surface area contributed by atoms with E-state index in [-0.39, 0.29) is 17.6 Å². The molecule has 0 aliphatic carbocycles. The Kier molecular flexibility index (Phi) is 5.75. The van der Waals surface area contributed by atoms with Gasteiger partial charge in [-0.3, -0.25) is 4.79 Å². The summed E-state index contributed by atoms with van der Waals surface area (Å²) in [6.07, 6.45) is 1.38. The zero-order valence-corrected chi connectivity index (χ0v) is 16.6. The smallest absolute Gasteiger partial charge is 0.280 e. The van der Waals surface area contributed by atoms with Crippen molar-refractivity contribution in [1.29, 1.82) is 0 Å². The second-order valence-corrected chi connectivity index (χ2v) is 8.38. The number of nitrogens with one attached hydrogen (secondary N) is 1. The molecule has 0 atom stereocenters. The molecule has 1 fully saturated rings. The average Bonchev–Trinajstić information content (AvgIpc) is 3.30. The van der Waals surface area contributed by atoms with Gasteiger partial charge in [0.15, 0.2) is 11.6 Å². The number of benzene rings is 1. The summed E-state index contributed by atoms with van der Waals surface area (Å²) in [5.41, 5.74) is 0.769. The molecule has 1 saturated heterocycles. The van der Waals surface area contributed by atoms with E-state index in [1.54, 1.807) is 30.3 Å². The van der Waals surface area contributed by atoms with Crippen LogP contribution in [0.3, 0.4) is 0 Å². The fraction of sp³-hybridized carbons (Fsp3) is 0.300. The molecule has 8 heteroatoms. The minimum absolute atomic E-state index is 0.0599. The summed E-state index contributed by atoms with van der Waals surface area (Å²) in [5.74, 6) is -0.821. The number of thiophene rings is 1. The fourth-order valence-corrected chi connectivity index (χ4v) is 4.30. The van der Waals surface area contributed by atoms with Crippen molar-refractivity contribution in [3.05, 3.63) is 68.8 Å². The largest absolute Gasteiger partial charge is 0.381 e. The van der Waals surface area contributed by atoms with Crippen LogP contribution in [-0.4, -0.2) is 28.9 Å². The molecule has 1 aliphatic rings. The average molecular weight is 420 g/mol. The Morgan fingerprint density at radius 1 is 1.25 bits per heavy atom. The maximum absolute atomic E-state index is 15.3. The number of hydrogen-bond donors (Lipinski definition) is 1. The lowest BCUT2D eigenvalue weighted by Crippen LogP contribution is -2.18. The van der Waals surface area contributed by atoms with E-state index in [4.69, 9.17) is 16.3 Å². The predicted octanol–water partition coefficient (Wildman–Crippen LogP) is 4.93. The molecule has 1 N–H and O–H groups in total. The minimum Gasteiger partial charge on any atom is -0.381 e. The van der Waals surface area contributed by atoms with Gasteiger partial charge in [0.25, 0.3) is 5.91 Å². The van der Waals surface area contributed by atoms with E-state index in [1.165, 1.54) is 11.3 Å². The van der Waals surface area contributed by atoms with Gasteiger partial charge in [-0.2, -0.15) is 9.78 Å². The van der Waals surface area contributed by atoms with E-state index in [2.05, 4.69) is 10.4 Å². The van der Waals surface area contributed by atoms with Crippen LogP contribution >= 0.6 is 22.9 Å². The number of carbonyl (C=O) groups excluding carboxylic acids is 1. The summed E-state index contributed by atoms with van der Waals surface area (Å²) in [7, 11) is 0. The molecule has 3 heterocycles. The normalized spacial score (nSPS) is 14.9. The molecule has 5 nitrogen and oxygen atoms in total. The van der Waals surface area contributed by atoms with E-state index in [9.17, 15) is 4.79 Å². The molecule has 1 aliphatic heterocycles. The van der Waals surface area contributed by atoms with E-state index in [0.717, 1.165) is 9.56 Å². The third-order valence-corrected chi connectivity index (χ3v) is 5.96. The first-order valence-corrected chi connectivity index (χ1v) is 10.3. The van der Waals surface area contributed by atoms with E-state index < -0.39 is 5.82 Å². The van der Waals surface area contributed by atoms with Gasteiger partial charge in [0, 0.05) is 29.6 Å². The van der Waals surface area contributed by atoms with Crippen molar-refractivity contribution in [3.8, 4) is 0 Å². The summed E-state index contributed by atoms with van der Waals surface area (Å²) in [5, 5.41) is 7.43. The third-order valence-electron chi connectivity index (χ3n) is 4.73. The van der Waals surface area contributed by atoms with E-state index >= 15 is 4.39 Å². The number of carbonyl (C=O) groups is 1. The Labute approximate surface area is 171 Å². The van der Waals surface area contributed by atoms with Crippen molar-refractivity contribution in [1.82, 2.24) is 9.78 Å². The van der Waals surface area contributed by atoms with Crippen LogP contribution in [0.25, 0.3) is 0 Å². The number of halogens is 2. The highest BCUT2D eigenvalue weighted by atomic mass is 35.5. The number of rotatable bonds is 5. The topological polar surface area (TPSA) is 56.2 Å². The van der Waals surface area contributed by atoms with Gasteiger partial charge in [0.2, 0.25) is 0 Å². The lowest BCUT2D eigenvalue weighted by atomic mass is 9.96. The first-order chi connectivity index (χ1) is 13.6. The van der Waals surface area contributed by atoms with Gasteiger partial charge < -0.3 is 10.1 Å². The van der Waals surface area contributed by atoms with E-state index in [1.807, 2.05) is 12.1 Å². The van der Waals surface area contributed by atoms with Gasteiger partial charge in [-0.25, -0.2) is 4.39 Å². The Balaban J connectivity index is 1.68. The van der Waals surface area contributed by atoms with Gasteiger partial charge in [-0.05, 0) is 37.1 Å². The second-order valence-electron chi connectivity index (χ2n) is 6.58. The molecule has 146 valence electrons. The molecule has 3 aromatic rings. The van der Waals surface area contributed by atoms with Crippen molar-refractivity contribution < 1.29 is 13.9 Å². The zero-order chi connectivity index (χ0) is 19.5. The number of hydrogen-bond acceptors (Lipinski definition) is 5. The van der Waals surface area contributed by atoms with Crippen molar-refractivity contribution in [2.45, 2.75) is 25.3 Å². The molecular weight excluding hydrogens is 401 g/mol.